The van der Waals surface area contributed by atoms with Crippen LogP contribution in [0.25, 0.3) is 0 Å². The van der Waals surface area contributed by atoms with Crippen LogP contribution in [0.1, 0.15) is 32.7 Å². The summed E-state index contributed by atoms with van der Waals surface area (Å²) >= 11 is 1.05. The summed E-state index contributed by atoms with van der Waals surface area (Å²) in [7, 11) is 0. The lowest BCUT2D eigenvalue weighted by atomic mass is 10.1. The predicted octanol–water partition coefficient (Wildman–Crippen LogP) is 3.92. The normalized spacial score (nSPS) is 10.3. The van der Waals surface area contributed by atoms with Crippen molar-refractivity contribution in [3.63, 3.8) is 0 Å². The van der Waals surface area contributed by atoms with E-state index in [9.17, 15) is 9.59 Å². The molecule has 0 bridgehead atoms. The van der Waals surface area contributed by atoms with Gasteiger partial charge in [-0.2, -0.15) is 0 Å². The first-order chi connectivity index (χ1) is 11.1. The first-order valence-electron chi connectivity index (χ1n) is 6.95. The third-order valence-corrected chi connectivity index (χ3v) is 3.60. The van der Waals surface area contributed by atoms with Crippen LogP contribution in [0.5, 0.6) is 5.75 Å². The molecule has 0 radical (unpaired) electrons. The molecule has 0 saturated carbocycles. The summed E-state index contributed by atoms with van der Waals surface area (Å²) in [5, 5.41) is 8.81. The fourth-order valence-electron chi connectivity index (χ4n) is 1.77. The van der Waals surface area contributed by atoms with Crippen molar-refractivity contribution in [2.75, 3.05) is 5.75 Å². The number of hydrogen-bond acceptors (Lipinski definition) is 5. The van der Waals surface area contributed by atoms with Gasteiger partial charge in [-0.1, -0.05) is 29.8 Å². The summed E-state index contributed by atoms with van der Waals surface area (Å²) in [4.78, 5) is 27.8. The summed E-state index contributed by atoms with van der Waals surface area (Å²) in [6.07, 6.45) is 0.272. The van der Waals surface area contributed by atoms with Crippen molar-refractivity contribution in [2.45, 2.75) is 13.3 Å². The Hall–Kier alpha value is -2.31. The van der Waals surface area contributed by atoms with Crippen LogP contribution in [-0.4, -0.2) is 22.6 Å². The quantitative estimate of drug-likeness (QED) is 0.260. The fraction of sp³-hybridized carbons (Fsp3) is 0.176. The van der Waals surface area contributed by atoms with Crippen molar-refractivity contribution in [3.8, 4) is 5.75 Å². The van der Waals surface area contributed by atoms with Crippen molar-refractivity contribution in [1.29, 1.82) is 0 Å². The Bertz CT molecular complexity index is 664. The third kappa shape index (κ3) is 5.43. The van der Waals surface area contributed by atoms with Gasteiger partial charge < -0.3 is 9.99 Å². The molecule has 0 aliphatic heterocycles. The van der Waals surface area contributed by atoms with Gasteiger partial charge in [0.15, 0.2) is 11.5 Å². The van der Waals surface area contributed by atoms with Gasteiger partial charge in [-0.3, -0.25) is 4.79 Å². The second-order valence-corrected chi connectivity index (χ2v) is 5.62. The van der Waals surface area contributed by atoms with Gasteiger partial charge in [0.05, 0.1) is 5.56 Å². The van der Waals surface area contributed by atoms with Crippen molar-refractivity contribution in [2.24, 2.45) is 0 Å². The van der Waals surface area contributed by atoms with Crippen LogP contribution in [0.4, 0.5) is 0 Å². The molecule has 0 amide bonds. The maximum atomic E-state index is 11.9. The second-order valence-electron chi connectivity index (χ2n) is 4.84. The number of aromatic carboxylic acids is 1. The van der Waals surface area contributed by atoms with Crippen LogP contribution in [0.3, 0.4) is 0 Å². The van der Waals surface area contributed by atoms with Gasteiger partial charge in [0.1, 0.15) is 0 Å². The van der Waals surface area contributed by atoms with Crippen LogP contribution in [0.2, 0.25) is 0 Å². The highest BCUT2D eigenvalue weighted by Crippen LogP contribution is 2.16. The number of rotatable bonds is 8. The lowest BCUT2D eigenvalue weighted by Gasteiger charge is -2.04. The van der Waals surface area contributed by atoms with Crippen LogP contribution in [0, 0.1) is 6.92 Å². The molecule has 120 valence electrons. The minimum absolute atomic E-state index is 0.0756. The molecule has 2 aromatic rings. The van der Waals surface area contributed by atoms with Gasteiger partial charge in [0.2, 0.25) is 0 Å². The Balaban J connectivity index is 1.70. The molecule has 2 aromatic carbocycles. The van der Waals surface area contributed by atoms with E-state index in [0.717, 1.165) is 17.6 Å². The zero-order chi connectivity index (χ0) is 16.7. The van der Waals surface area contributed by atoms with E-state index in [1.807, 2.05) is 19.1 Å². The second kappa shape index (κ2) is 8.36. The molecule has 1 N–H and O–H groups in total. The number of benzene rings is 2. The highest BCUT2D eigenvalue weighted by molar-refractivity contribution is 7.94. The number of aryl methyl sites for hydroxylation is 1. The molecule has 23 heavy (non-hydrogen) atoms. The first-order valence-corrected chi connectivity index (χ1v) is 7.86. The Morgan fingerprint density at radius 1 is 1.00 bits per heavy atom. The van der Waals surface area contributed by atoms with Gasteiger partial charge in [-0.05, 0) is 31.2 Å². The lowest BCUT2D eigenvalue weighted by Crippen LogP contribution is -2.03. The molecule has 0 heterocycles. The zero-order valence-corrected chi connectivity index (χ0v) is 13.3. The van der Waals surface area contributed by atoms with E-state index < -0.39 is 5.97 Å². The number of carboxylic acid groups (broad SMARTS) is 1. The van der Waals surface area contributed by atoms with Crippen LogP contribution < -0.4 is 4.89 Å². The van der Waals surface area contributed by atoms with E-state index in [2.05, 4.69) is 0 Å². The molecule has 0 atom stereocenters. The SMILES string of the molecule is Cc1ccc(OOSCCC(=O)c2ccc(C(=O)O)cc2)cc1. The van der Waals surface area contributed by atoms with Crippen molar-refractivity contribution < 1.29 is 23.9 Å². The van der Waals surface area contributed by atoms with Gasteiger partial charge in [-0.25, -0.2) is 4.79 Å². The van der Waals surface area contributed by atoms with Crippen LogP contribution in [0.15, 0.2) is 48.5 Å². The highest BCUT2D eigenvalue weighted by atomic mass is 32.2. The fourth-order valence-corrected chi connectivity index (χ4v) is 2.23. The molecule has 0 unspecified atom stereocenters. The van der Waals surface area contributed by atoms with E-state index in [1.54, 1.807) is 12.1 Å². The average molecular weight is 332 g/mol. The number of hydrogen-bond donors (Lipinski definition) is 1. The van der Waals surface area contributed by atoms with Gasteiger partial charge >= 0.3 is 5.97 Å². The predicted molar refractivity (Wildman–Crippen MR) is 87.7 cm³/mol. The maximum Gasteiger partial charge on any atom is 0.335 e. The van der Waals surface area contributed by atoms with Crippen molar-refractivity contribution >= 4 is 23.8 Å². The minimum Gasteiger partial charge on any atom is -0.478 e. The number of carbonyl (C=O) groups is 2. The summed E-state index contributed by atoms with van der Waals surface area (Å²) in [5.74, 6) is -0.0565. The summed E-state index contributed by atoms with van der Waals surface area (Å²) in [5.41, 5.74) is 1.77. The van der Waals surface area contributed by atoms with Gasteiger partial charge in [0, 0.05) is 29.8 Å². The van der Waals surface area contributed by atoms with E-state index in [0.29, 0.717) is 17.1 Å². The maximum absolute atomic E-state index is 11.9. The van der Waals surface area contributed by atoms with Gasteiger partial charge in [-0.15, -0.1) is 4.33 Å². The molecule has 6 heteroatoms. The smallest absolute Gasteiger partial charge is 0.335 e. The monoisotopic (exact) mass is 332 g/mol. The Labute approximate surface area is 138 Å². The van der Waals surface area contributed by atoms with E-state index >= 15 is 0 Å². The molecule has 0 aliphatic rings. The Morgan fingerprint density at radius 3 is 2.22 bits per heavy atom. The number of carbonyl (C=O) groups excluding carboxylic acids is 1. The first kappa shape index (κ1) is 17.1. The average Bonchev–Trinajstić information content (AvgIpc) is 2.56. The third-order valence-electron chi connectivity index (χ3n) is 3.07. The molecule has 0 aliphatic carbocycles. The molecule has 0 fully saturated rings. The Morgan fingerprint density at radius 2 is 1.61 bits per heavy atom. The molecule has 0 spiro atoms. The summed E-state index contributed by atoms with van der Waals surface area (Å²) < 4.78 is 4.98. The van der Waals surface area contributed by atoms with Crippen molar-refractivity contribution in [3.05, 3.63) is 65.2 Å². The van der Waals surface area contributed by atoms with Gasteiger partial charge in [0.25, 0.3) is 0 Å². The van der Waals surface area contributed by atoms with E-state index in [-0.39, 0.29) is 17.8 Å². The number of carboxylic acids is 1. The largest absolute Gasteiger partial charge is 0.478 e. The summed E-state index contributed by atoms with van der Waals surface area (Å²) in [6, 6.07) is 13.3. The Kier molecular flexibility index (Phi) is 6.19. The van der Waals surface area contributed by atoms with Crippen molar-refractivity contribution in [1.82, 2.24) is 0 Å². The minimum atomic E-state index is -1.01. The van der Waals surface area contributed by atoms with Crippen LogP contribution in [-0.2, 0) is 4.33 Å². The molecule has 5 nitrogen and oxygen atoms in total. The number of Topliss-reactive ketones (excluding diaryl/α,β-unsaturated/α-hetero) is 1. The zero-order valence-electron chi connectivity index (χ0n) is 12.5. The topological polar surface area (TPSA) is 72.8 Å². The highest BCUT2D eigenvalue weighted by Gasteiger charge is 2.08. The standard InChI is InChI=1S/C17H16O5S/c1-12-2-8-15(9-3-12)21-22-23-11-10-16(18)13-4-6-14(7-5-13)17(19)20/h2-9H,10-11H2,1H3,(H,19,20). The molecular weight excluding hydrogens is 316 g/mol. The molecule has 2 rings (SSSR count). The van der Waals surface area contributed by atoms with E-state index in [4.69, 9.17) is 14.3 Å². The molecule has 0 saturated heterocycles. The molecule has 0 aromatic heterocycles. The molecular formula is C17H16O5S. The number of ketones is 1. The van der Waals surface area contributed by atoms with Crippen LogP contribution >= 0.6 is 12.0 Å². The van der Waals surface area contributed by atoms with E-state index in [1.165, 1.54) is 24.3 Å². The summed E-state index contributed by atoms with van der Waals surface area (Å²) in [6.45, 7) is 1.98. The lowest BCUT2D eigenvalue weighted by molar-refractivity contribution is -0.0776.